The van der Waals surface area contributed by atoms with Crippen LogP contribution in [0.15, 0.2) is 54.1 Å². The lowest BCUT2D eigenvalue weighted by Crippen LogP contribution is -2.17. The Morgan fingerprint density at radius 1 is 1.12 bits per heavy atom. The van der Waals surface area contributed by atoms with Gasteiger partial charge in [0.25, 0.3) is 5.91 Å². The maximum atomic E-state index is 12.9. The van der Waals surface area contributed by atoms with E-state index in [1.54, 1.807) is 30.3 Å². The fourth-order valence-corrected chi connectivity index (χ4v) is 2.01. The average molecular weight is 330 g/mol. The van der Waals surface area contributed by atoms with Crippen molar-refractivity contribution in [3.8, 4) is 6.07 Å². The number of halogens is 3. The molecule has 0 spiro atoms. The summed E-state index contributed by atoms with van der Waals surface area (Å²) >= 11 is 0. The maximum absolute atomic E-state index is 12.9. The Morgan fingerprint density at radius 2 is 1.75 bits per heavy atom. The highest BCUT2D eigenvalue weighted by molar-refractivity contribution is 6.10. The van der Waals surface area contributed by atoms with Gasteiger partial charge in [-0.25, -0.2) is 0 Å². The number of hydrogen-bond acceptors (Lipinski definition) is 2. The van der Waals surface area contributed by atoms with Crippen LogP contribution in [0.1, 0.15) is 16.7 Å². The summed E-state index contributed by atoms with van der Waals surface area (Å²) in [6.07, 6.45) is -3.28. The normalized spacial score (nSPS) is 11.7. The number of anilines is 1. The van der Waals surface area contributed by atoms with Crippen LogP contribution in [0, 0.1) is 18.3 Å². The van der Waals surface area contributed by atoms with Crippen molar-refractivity contribution in [1.29, 1.82) is 5.26 Å². The van der Waals surface area contributed by atoms with Crippen LogP contribution >= 0.6 is 0 Å². The molecule has 0 atom stereocenters. The summed E-state index contributed by atoms with van der Waals surface area (Å²) in [5.41, 5.74) is -0.0208. The Morgan fingerprint density at radius 3 is 2.33 bits per heavy atom. The highest BCUT2D eigenvalue weighted by Crippen LogP contribution is 2.34. The largest absolute Gasteiger partial charge is 0.418 e. The zero-order valence-electron chi connectivity index (χ0n) is 12.7. The van der Waals surface area contributed by atoms with Gasteiger partial charge in [0.2, 0.25) is 0 Å². The number of benzene rings is 2. The van der Waals surface area contributed by atoms with E-state index in [4.69, 9.17) is 5.26 Å². The molecule has 122 valence electrons. The molecule has 0 unspecified atom stereocenters. The van der Waals surface area contributed by atoms with Crippen LogP contribution in [-0.2, 0) is 11.0 Å². The minimum atomic E-state index is -4.60. The molecule has 0 heterocycles. The van der Waals surface area contributed by atoms with Gasteiger partial charge in [-0.05, 0) is 30.7 Å². The summed E-state index contributed by atoms with van der Waals surface area (Å²) in [4.78, 5) is 12.1. The minimum Gasteiger partial charge on any atom is -0.321 e. The Kier molecular flexibility index (Phi) is 5.05. The van der Waals surface area contributed by atoms with Crippen molar-refractivity contribution >= 4 is 17.7 Å². The topological polar surface area (TPSA) is 52.9 Å². The molecule has 0 aromatic heterocycles. The number of alkyl halides is 3. The van der Waals surface area contributed by atoms with Crippen LogP contribution < -0.4 is 5.32 Å². The molecule has 2 rings (SSSR count). The van der Waals surface area contributed by atoms with E-state index in [1.165, 1.54) is 18.2 Å². The van der Waals surface area contributed by atoms with E-state index in [9.17, 15) is 18.0 Å². The lowest BCUT2D eigenvalue weighted by molar-refractivity contribution is -0.136. The number of nitrogens with one attached hydrogen (secondary N) is 1. The van der Waals surface area contributed by atoms with Crippen LogP contribution in [-0.4, -0.2) is 5.91 Å². The highest BCUT2D eigenvalue weighted by Gasteiger charge is 2.33. The van der Waals surface area contributed by atoms with Gasteiger partial charge in [0, 0.05) is 0 Å². The van der Waals surface area contributed by atoms with Gasteiger partial charge in [0.1, 0.15) is 11.6 Å². The Balaban J connectivity index is 2.28. The Hall–Kier alpha value is -3.07. The molecule has 0 saturated carbocycles. The molecule has 0 aliphatic carbocycles. The third kappa shape index (κ3) is 4.23. The van der Waals surface area contributed by atoms with E-state index in [-0.39, 0.29) is 11.3 Å². The monoisotopic (exact) mass is 330 g/mol. The molecule has 0 bridgehead atoms. The smallest absolute Gasteiger partial charge is 0.321 e. The molecular formula is C18H13F3N2O. The second-order valence-corrected chi connectivity index (χ2v) is 5.08. The predicted molar refractivity (Wildman–Crippen MR) is 84.8 cm³/mol. The average Bonchev–Trinajstić information content (AvgIpc) is 2.53. The van der Waals surface area contributed by atoms with E-state index in [0.717, 1.165) is 17.7 Å². The van der Waals surface area contributed by atoms with Crippen LogP contribution in [0.2, 0.25) is 0 Å². The van der Waals surface area contributed by atoms with Gasteiger partial charge in [0.05, 0.1) is 11.3 Å². The molecule has 1 N–H and O–H groups in total. The Bertz CT molecular complexity index is 815. The molecule has 0 saturated heterocycles. The van der Waals surface area contributed by atoms with E-state index < -0.39 is 17.6 Å². The van der Waals surface area contributed by atoms with Crippen LogP contribution in [0.4, 0.5) is 18.9 Å². The number of aryl methyl sites for hydroxylation is 1. The summed E-state index contributed by atoms with van der Waals surface area (Å²) in [6, 6.07) is 13.4. The summed E-state index contributed by atoms with van der Waals surface area (Å²) in [5, 5.41) is 11.3. The van der Waals surface area contributed by atoms with Crippen molar-refractivity contribution in [2.75, 3.05) is 5.32 Å². The van der Waals surface area contributed by atoms with Gasteiger partial charge >= 0.3 is 6.18 Å². The lowest BCUT2D eigenvalue weighted by Gasteiger charge is -2.13. The minimum absolute atomic E-state index is 0.282. The summed E-state index contributed by atoms with van der Waals surface area (Å²) in [6.45, 7) is 1.89. The molecule has 3 nitrogen and oxygen atoms in total. The van der Waals surface area contributed by atoms with Gasteiger partial charge < -0.3 is 5.32 Å². The van der Waals surface area contributed by atoms with Crippen molar-refractivity contribution in [2.45, 2.75) is 13.1 Å². The van der Waals surface area contributed by atoms with E-state index in [2.05, 4.69) is 5.32 Å². The number of rotatable bonds is 3. The first-order valence-electron chi connectivity index (χ1n) is 6.97. The quantitative estimate of drug-likeness (QED) is 0.662. The lowest BCUT2D eigenvalue weighted by atomic mass is 10.1. The van der Waals surface area contributed by atoms with Crippen LogP contribution in [0.5, 0.6) is 0 Å². The molecule has 0 fully saturated rings. The number of amides is 1. The fourth-order valence-electron chi connectivity index (χ4n) is 2.01. The zero-order chi connectivity index (χ0) is 17.7. The zero-order valence-corrected chi connectivity index (χ0v) is 12.7. The fraction of sp³-hybridized carbons (Fsp3) is 0.111. The van der Waals surface area contributed by atoms with Gasteiger partial charge in [0.15, 0.2) is 0 Å². The van der Waals surface area contributed by atoms with Crippen molar-refractivity contribution in [3.63, 3.8) is 0 Å². The third-order valence-corrected chi connectivity index (χ3v) is 3.23. The molecule has 24 heavy (non-hydrogen) atoms. The molecule has 2 aromatic carbocycles. The molecule has 0 aliphatic rings. The van der Waals surface area contributed by atoms with Crippen LogP contribution in [0.25, 0.3) is 6.08 Å². The SMILES string of the molecule is Cc1ccc(/C=C(/C#N)C(=O)Nc2ccccc2C(F)(F)F)cc1. The second-order valence-electron chi connectivity index (χ2n) is 5.08. The van der Waals surface area contributed by atoms with E-state index in [0.29, 0.717) is 5.56 Å². The number of hydrogen-bond donors (Lipinski definition) is 1. The summed E-state index contributed by atoms with van der Waals surface area (Å²) < 4.78 is 38.8. The maximum Gasteiger partial charge on any atom is 0.418 e. The first-order chi connectivity index (χ1) is 11.3. The number of nitrogens with zero attached hydrogens (tertiary/aromatic N) is 1. The molecule has 1 amide bonds. The molecule has 0 radical (unpaired) electrons. The highest BCUT2D eigenvalue weighted by atomic mass is 19.4. The first kappa shape index (κ1) is 17.3. The predicted octanol–water partition coefficient (Wildman–Crippen LogP) is 4.56. The summed E-state index contributed by atoms with van der Waals surface area (Å²) in [7, 11) is 0. The van der Waals surface area contributed by atoms with Gasteiger partial charge in [-0.1, -0.05) is 42.0 Å². The van der Waals surface area contributed by atoms with E-state index >= 15 is 0 Å². The number of para-hydroxylation sites is 1. The molecule has 2 aromatic rings. The van der Waals surface area contributed by atoms with Crippen molar-refractivity contribution in [2.24, 2.45) is 0 Å². The second kappa shape index (κ2) is 7.01. The van der Waals surface area contributed by atoms with Gasteiger partial charge in [-0.2, -0.15) is 18.4 Å². The Labute approximate surface area is 137 Å². The number of carbonyl (C=O) groups is 1. The molecule has 0 aliphatic heterocycles. The standard InChI is InChI=1S/C18H13F3N2O/c1-12-6-8-13(9-7-12)10-14(11-22)17(24)23-16-5-3-2-4-15(16)18(19,20)21/h2-10H,1H3,(H,23,24)/b14-10-. The van der Waals surface area contributed by atoms with Crippen molar-refractivity contribution < 1.29 is 18.0 Å². The number of carbonyl (C=O) groups excluding carboxylic acids is 1. The number of nitriles is 1. The van der Waals surface area contributed by atoms with Crippen molar-refractivity contribution in [3.05, 3.63) is 70.8 Å². The molecular weight excluding hydrogens is 317 g/mol. The van der Waals surface area contributed by atoms with Crippen LogP contribution in [0.3, 0.4) is 0 Å². The molecule has 6 heteroatoms. The van der Waals surface area contributed by atoms with Gasteiger partial charge in [-0.15, -0.1) is 0 Å². The van der Waals surface area contributed by atoms with E-state index in [1.807, 2.05) is 6.92 Å². The van der Waals surface area contributed by atoms with Gasteiger partial charge in [-0.3, -0.25) is 4.79 Å². The third-order valence-electron chi connectivity index (χ3n) is 3.23. The first-order valence-corrected chi connectivity index (χ1v) is 6.97. The van der Waals surface area contributed by atoms with Crippen molar-refractivity contribution in [1.82, 2.24) is 0 Å². The summed E-state index contributed by atoms with van der Waals surface area (Å²) in [5.74, 6) is -0.894.